The fourth-order valence-corrected chi connectivity index (χ4v) is 4.06. The summed E-state index contributed by atoms with van der Waals surface area (Å²) in [4.78, 5) is 38.1. The number of benzene rings is 1. The summed E-state index contributed by atoms with van der Waals surface area (Å²) in [6.45, 7) is 5.89. The Morgan fingerprint density at radius 1 is 1.19 bits per heavy atom. The highest BCUT2D eigenvalue weighted by Gasteiger charge is 2.34. The first kappa shape index (κ1) is 16.6. The predicted molar refractivity (Wildman–Crippen MR) is 99.4 cm³/mol. The van der Waals surface area contributed by atoms with Crippen LogP contribution < -0.4 is 0 Å². The molecular weight excluding hydrogens is 328 g/mol. The van der Waals surface area contributed by atoms with E-state index in [9.17, 15) is 9.59 Å². The zero-order chi connectivity index (χ0) is 18.4. The zero-order valence-corrected chi connectivity index (χ0v) is 15.2. The second kappa shape index (κ2) is 6.12. The molecule has 1 fully saturated rings. The van der Waals surface area contributed by atoms with E-state index < -0.39 is 0 Å². The van der Waals surface area contributed by atoms with Crippen molar-refractivity contribution in [1.82, 2.24) is 19.9 Å². The lowest BCUT2D eigenvalue weighted by atomic mass is 10.1. The highest BCUT2D eigenvalue weighted by molar-refractivity contribution is 6.02. The fraction of sp³-hybridized carbons (Fsp3) is 0.350. The van der Waals surface area contributed by atoms with E-state index >= 15 is 0 Å². The van der Waals surface area contributed by atoms with Crippen LogP contribution >= 0.6 is 0 Å². The molecule has 26 heavy (non-hydrogen) atoms. The lowest BCUT2D eigenvalue weighted by molar-refractivity contribution is 0.0724. The molecule has 0 spiro atoms. The maximum absolute atomic E-state index is 13.2. The molecule has 2 N–H and O–H groups in total. The van der Waals surface area contributed by atoms with Gasteiger partial charge in [-0.05, 0) is 51.3 Å². The minimum absolute atomic E-state index is 0.0226. The number of carbonyl (C=O) groups is 2. The van der Waals surface area contributed by atoms with Gasteiger partial charge in [-0.1, -0.05) is 12.1 Å². The van der Waals surface area contributed by atoms with E-state index in [1.54, 1.807) is 0 Å². The van der Waals surface area contributed by atoms with Crippen LogP contribution in [0.4, 0.5) is 0 Å². The third kappa shape index (κ3) is 2.53. The van der Waals surface area contributed by atoms with Gasteiger partial charge in [-0.15, -0.1) is 0 Å². The Kier molecular flexibility index (Phi) is 3.90. The number of amides is 1. The number of nitrogens with zero attached hydrogens (tertiary/aromatic N) is 2. The van der Waals surface area contributed by atoms with Crippen molar-refractivity contribution in [3.8, 4) is 0 Å². The van der Waals surface area contributed by atoms with Crippen molar-refractivity contribution >= 4 is 22.7 Å². The lowest BCUT2D eigenvalue weighted by Gasteiger charge is -2.23. The molecule has 1 atom stereocenters. The topological polar surface area (TPSA) is 81.8 Å². The quantitative estimate of drug-likeness (QED) is 0.707. The number of hydrogen-bond acceptors (Lipinski definition) is 3. The maximum atomic E-state index is 13.2. The van der Waals surface area contributed by atoms with E-state index in [4.69, 9.17) is 0 Å². The normalized spacial score (nSPS) is 17.2. The zero-order valence-electron chi connectivity index (χ0n) is 15.2. The van der Waals surface area contributed by atoms with E-state index in [2.05, 4.69) is 15.0 Å². The molecule has 0 unspecified atom stereocenters. The Morgan fingerprint density at radius 2 is 1.96 bits per heavy atom. The van der Waals surface area contributed by atoms with Crippen LogP contribution in [0.25, 0.3) is 11.0 Å². The summed E-state index contributed by atoms with van der Waals surface area (Å²) < 4.78 is 0. The highest BCUT2D eigenvalue weighted by atomic mass is 16.2. The van der Waals surface area contributed by atoms with Crippen molar-refractivity contribution in [2.24, 2.45) is 0 Å². The third-order valence-electron chi connectivity index (χ3n) is 5.24. The Balaban J connectivity index is 1.69. The van der Waals surface area contributed by atoms with Gasteiger partial charge in [0.2, 0.25) is 0 Å². The number of ketones is 1. The summed E-state index contributed by atoms with van der Waals surface area (Å²) in [5, 5.41) is 0. The van der Waals surface area contributed by atoms with Crippen molar-refractivity contribution in [2.45, 2.75) is 39.7 Å². The van der Waals surface area contributed by atoms with Crippen LogP contribution in [0, 0.1) is 13.8 Å². The van der Waals surface area contributed by atoms with Crippen LogP contribution in [0.3, 0.4) is 0 Å². The molecule has 3 heterocycles. The average molecular weight is 350 g/mol. The third-order valence-corrected chi connectivity index (χ3v) is 5.24. The van der Waals surface area contributed by atoms with Gasteiger partial charge >= 0.3 is 0 Å². The molecule has 2 aromatic heterocycles. The van der Waals surface area contributed by atoms with Crippen LogP contribution in [0.2, 0.25) is 0 Å². The summed E-state index contributed by atoms with van der Waals surface area (Å²) in [7, 11) is 0. The first-order chi connectivity index (χ1) is 12.5. The van der Waals surface area contributed by atoms with Gasteiger partial charge in [-0.25, -0.2) is 4.98 Å². The van der Waals surface area contributed by atoms with Crippen molar-refractivity contribution in [1.29, 1.82) is 0 Å². The average Bonchev–Trinajstić information content (AvgIpc) is 3.29. The summed E-state index contributed by atoms with van der Waals surface area (Å²) in [6.07, 6.45) is 1.82. The van der Waals surface area contributed by atoms with Crippen LogP contribution in [-0.4, -0.2) is 38.1 Å². The molecule has 1 saturated heterocycles. The SMILES string of the molecule is CC(=O)c1c(C)[nH]c(C(=O)N2CCC[C@H]2c2nc3ccccc3[nH]2)c1C. The molecule has 4 rings (SSSR count). The van der Waals surface area contributed by atoms with Crippen LogP contribution in [-0.2, 0) is 0 Å². The summed E-state index contributed by atoms with van der Waals surface area (Å²) in [6, 6.07) is 7.81. The first-order valence-corrected chi connectivity index (χ1v) is 8.93. The number of para-hydroxylation sites is 2. The van der Waals surface area contributed by atoms with Crippen LogP contribution in [0.15, 0.2) is 24.3 Å². The highest BCUT2D eigenvalue weighted by Crippen LogP contribution is 2.33. The molecule has 1 aliphatic heterocycles. The number of hydrogen-bond donors (Lipinski definition) is 2. The van der Waals surface area contributed by atoms with E-state index in [1.165, 1.54) is 6.92 Å². The number of H-pyrrole nitrogens is 2. The maximum Gasteiger partial charge on any atom is 0.271 e. The summed E-state index contributed by atoms with van der Waals surface area (Å²) in [5.74, 6) is 0.733. The van der Waals surface area contributed by atoms with Gasteiger partial charge in [0.1, 0.15) is 11.5 Å². The second-order valence-electron chi connectivity index (χ2n) is 6.98. The molecular formula is C20H22N4O2. The summed E-state index contributed by atoms with van der Waals surface area (Å²) in [5.41, 5.74) is 4.50. The number of rotatable bonds is 3. The Bertz CT molecular complexity index is 981. The van der Waals surface area contributed by atoms with Crippen LogP contribution in [0.1, 0.15) is 63.7 Å². The number of aromatic nitrogens is 3. The smallest absolute Gasteiger partial charge is 0.271 e. The summed E-state index contributed by atoms with van der Waals surface area (Å²) >= 11 is 0. The van der Waals surface area contributed by atoms with E-state index in [0.717, 1.165) is 41.0 Å². The number of fused-ring (bicyclic) bond motifs is 1. The number of aromatic amines is 2. The number of nitrogens with one attached hydrogen (secondary N) is 2. The molecule has 1 aliphatic rings. The standard InChI is InChI=1S/C20H22N4O2/c1-11-17(13(3)25)12(2)21-18(11)20(26)24-10-6-9-16(24)19-22-14-7-4-5-8-15(14)23-19/h4-5,7-8,16,21H,6,9-10H2,1-3H3,(H,22,23)/t16-/m0/s1. The van der Waals surface area contributed by atoms with Gasteiger partial charge in [-0.3, -0.25) is 9.59 Å². The van der Waals surface area contributed by atoms with Crippen molar-refractivity contribution < 1.29 is 9.59 Å². The molecule has 6 nitrogen and oxygen atoms in total. The Hall–Kier alpha value is -2.89. The van der Waals surface area contributed by atoms with Crippen LogP contribution in [0.5, 0.6) is 0 Å². The molecule has 0 bridgehead atoms. The molecule has 6 heteroatoms. The monoisotopic (exact) mass is 350 g/mol. The second-order valence-corrected chi connectivity index (χ2v) is 6.98. The van der Waals surface area contributed by atoms with Crippen molar-refractivity contribution in [3.63, 3.8) is 0 Å². The van der Waals surface area contributed by atoms with E-state index in [1.807, 2.05) is 43.0 Å². The van der Waals surface area contributed by atoms with Gasteiger partial charge in [-0.2, -0.15) is 0 Å². The number of Topliss-reactive ketones (excluding diaryl/α,β-unsaturated/α-hetero) is 1. The molecule has 0 saturated carbocycles. The molecule has 134 valence electrons. The number of aryl methyl sites for hydroxylation is 1. The van der Waals surface area contributed by atoms with Gasteiger partial charge < -0.3 is 14.9 Å². The fourth-order valence-electron chi connectivity index (χ4n) is 4.06. The Morgan fingerprint density at radius 3 is 2.65 bits per heavy atom. The van der Waals surface area contributed by atoms with Crippen molar-refractivity contribution in [3.05, 3.63) is 52.6 Å². The molecule has 0 aliphatic carbocycles. The number of imidazole rings is 1. The van der Waals surface area contributed by atoms with Gasteiger partial charge in [0.05, 0.1) is 17.1 Å². The molecule has 3 aromatic rings. The lowest BCUT2D eigenvalue weighted by Crippen LogP contribution is -2.31. The Labute approximate surface area is 151 Å². The molecule has 1 aromatic carbocycles. The van der Waals surface area contributed by atoms with Gasteiger partial charge in [0.25, 0.3) is 5.91 Å². The van der Waals surface area contributed by atoms with Gasteiger partial charge in [0.15, 0.2) is 5.78 Å². The molecule has 0 radical (unpaired) electrons. The van der Waals surface area contributed by atoms with Gasteiger partial charge in [0, 0.05) is 17.8 Å². The first-order valence-electron chi connectivity index (χ1n) is 8.93. The minimum Gasteiger partial charge on any atom is -0.354 e. The van der Waals surface area contributed by atoms with E-state index in [-0.39, 0.29) is 17.7 Å². The minimum atomic E-state index is -0.0707. The predicted octanol–water partition coefficient (Wildman–Crippen LogP) is 3.69. The molecule has 1 amide bonds. The van der Waals surface area contributed by atoms with E-state index in [0.29, 0.717) is 17.8 Å². The van der Waals surface area contributed by atoms with Crippen molar-refractivity contribution in [2.75, 3.05) is 6.54 Å². The number of carbonyl (C=O) groups excluding carboxylic acids is 2. The largest absolute Gasteiger partial charge is 0.354 e. The number of likely N-dealkylation sites (tertiary alicyclic amines) is 1.